The molecule has 24 heavy (non-hydrogen) atoms. The van der Waals surface area contributed by atoms with Crippen LogP contribution in [0.2, 0.25) is 0 Å². The number of anilines is 1. The zero-order valence-corrected chi connectivity index (χ0v) is 16.2. The van der Waals surface area contributed by atoms with Crippen LogP contribution in [0.5, 0.6) is 0 Å². The number of piperazine rings is 1. The summed E-state index contributed by atoms with van der Waals surface area (Å²) in [5.41, 5.74) is 1.11. The second kappa shape index (κ2) is 7.98. The Kier molecular flexibility index (Phi) is 5.73. The molecule has 1 N–H and O–H groups in total. The first kappa shape index (κ1) is 17.2. The van der Waals surface area contributed by atoms with Crippen LogP contribution in [0.4, 0.5) is 5.00 Å². The number of thiophene rings is 1. The summed E-state index contributed by atoms with van der Waals surface area (Å²) in [6.07, 6.45) is 0. The van der Waals surface area contributed by atoms with Gasteiger partial charge in [-0.2, -0.15) is 0 Å². The minimum Gasteiger partial charge on any atom is -0.360 e. The van der Waals surface area contributed by atoms with Gasteiger partial charge in [-0.05, 0) is 38.3 Å². The van der Waals surface area contributed by atoms with Crippen molar-refractivity contribution in [2.24, 2.45) is 4.99 Å². The molecule has 1 saturated heterocycles. The Morgan fingerprint density at radius 1 is 1.29 bits per heavy atom. The van der Waals surface area contributed by atoms with Crippen LogP contribution in [0, 0.1) is 13.8 Å². The molecular weight excluding hydrogens is 338 g/mol. The van der Waals surface area contributed by atoms with Crippen molar-refractivity contribution < 1.29 is 0 Å². The lowest BCUT2D eigenvalue weighted by Gasteiger charge is -2.37. The van der Waals surface area contributed by atoms with Crippen LogP contribution in [0.15, 0.2) is 22.5 Å². The van der Waals surface area contributed by atoms with Gasteiger partial charge < -0.3 is 15.1 Å². The lowest BCUT2D eigenvalue weighted by atomic mass is 10.3. The van der Waals surface area contributed by atoms with Gasteiger partial charge in [-0.25, -0.2) is 9.98 Å². The number of thiazole rings is 1. The first-order valence-electron chi connectivity index (χ1n) is 8.42. The van der Waals surface area contributed by atoms with Gasteiger partial charge in [0.15, 0.2) is 5.96 Å². The topological polar surface area (TPSA) is 43.8 Å². The molecule has 1 aliphatic rings. The van der Waals surface area contributed by atoms with Gasteiger partial charge in [-0.3, -0.25) is 0 Å². The number of nitrogens with one attached hydrogen (secondary N) is 1. The zero-order valence-electron chi connectivity index (χ0n) is 14.6. The number of aliphatic imine (C=N–C) groups is 1. The van der Waals surface area contributed by atoms with Crippen LogP contribution in [0.25, 0.3) is 0 Å². The summed E-state index contributed by atoms with van der Waals surface area (Å²) in [5.74, 6) is 1.02. The van der Waals surface area contributed by atoms with Crippen molar-refractivity contribution in [3.8, 4) is 0 Å². The van der Waals surface area contributed by atoms with E-state index in [1.807, 2.05) is 11.3 Å². The van der Waals surface area contributed by atoms with E-state index >= 15 is 0 Å². The number of hydrogen-bond acceptors (Lipinski definition) is 5. The number of hydrogen-bond donors (Lipinski definition) is 1. The third kappa shape index (κ3) is 4.08. The summed E-state index contributed by atoms with van der Waals surface area (Å²) in [5, 5.41) is 8.07. The van der Waals surface area contributed by atoms with E-state index < -0.39 is 0 Å². The fourth-order valence-electron chi connectivity index (χ4n) is 2.88. The summed E-state index contributed by atoms with van der Waals surface area (Å²) in [6.45, 7) is 12.0. The van der Waals surface area contributed by atoms with Crippen molar-refractivity contribution in [2.75, 3.05) is 37.6 Å². The molecule has 1 fully saturated rings. The molecule has 1 aliphatic heterocycles. The van der Waals surface area contributed by atoms with E-state index in [0.717, 1.165) is 49.4 Å². The molecule has 2 aromatic rings. The van der Waals surface area contributed by atoms with Crippen molar-refractivity contribution in [3.05, 3.63) is 33.1 Å². The molecular formula is C17H25N5S2. The van der Waals surface area contributed by atoms with Gasteiger partial charge in [0, 0.05) is 37.6 Å². The Hall–Kier alpha value is -1.60. The highest BCUT2D eigenvalue weighted by atomic mass is 32.1. The van der Waals surface area contributed by atoms with Crippen LogP contribution >= 0.6 is 22.7 Å². The predicted octanol–water partition coefficient (Wildman–Crippen LogP) is 3.11. The minimum absolute atomic E-state index is 0.713. The number of guanidine groups is 1. The fourth-order valence-corrected chi connectivity index (χ4v) is 4.53. The molecule has 2 aromatic heterocycles. The van der Waals surface area contributed by atoms with E-state index in [4.69, 9.17) is 4.99 Å². The van der Waals surface area contributed by atoms with Gasteiger partial charge >= 0.3 is 0 Å². The molecule has 0 aliphatic carbocycles. The molecule has 5 nitrogen and oxygen atoms in total. The van der Waals surface area contributed by atoms with Crippen molar-refractivity contribution in [3.63, 3.8) is 0 Å². The molecule has 0 atom stereocenters. The standard InChI is InChI=1S/C17H25N5S2/c1-4-18-17(19-12-15-13(2)20-14(3)24-15)22-9-7-21(8-10-22)16-6-5-11-23-16/h5-6,11H,4,7-10,12H2,1-3H3,(H,18,19). The first-order chi connectivity index (χ1) is 11.7. The molecule has 3 heterocycles. The van der Waals surface area contributed by atoms with E-state index in [0.29, 0.717) is 6.54 Å². The Labute approximate surface area is 152 Å². The van der Waals surface area contributed by atoms with Crippen molar-refractivity contribution >= 4 is 33.6 Å². The van der Waals surface area contributed by atoms with Crippen molar-refractivity contribution in [1.29, 1.82) is 0 Å². The molecule has 0 spiro atoms. The molecule has 7 heteroatoms. The maximum absolute atomic E-state index is 4.86. The van der Waals surface area contributed by atoms with Crippen LogP contribution in [0.1, 0.15) is 22.5 Å². The van der Waals surface area contributed by atoms with Gasteiger partial charge in [0.2, 0.25) is 0 Å². The molecule has 0 unspecified atom stereocenters. The molecule has 0 amide bonds. The SMILES string of the molecule is CCNC(=NCc1sc(C)nc1C)N1CCN(c2cccs2)CC1. The van der Waals surface area contributed by atoms with E-state index in [1.54, 1.807) is 11.3 Å². The van der Waals surface area contributed by atoms with Gasteiger partial charge in [0.1, 0.15) is 0 Å². The Morgan fingerprint density at radius 3 is 2.67 bits per heavy atom. The Balaban J connectivity index is 1.63. The average molecular weight is 364 g/mol. The Morgan fingerprint density at radius 2 is 2.08 bits per heavy atom. The van der Waals surface area contributed by atoms with Crippen LogP contribution in [-0.4, -0.2) is 48.6 Å². The average Bonchev–Trinajstić information content (AvgIpc) is 3.21. The van der Waals surface area contributed by atoms with E-state index in [2.05, 4.69) is 58.4 Å². The maximum atomic E-state index is 4.86. The first-order valence-corrected chi connectivity index (χ1v) is 10.1. The highest BCUT2D eigenvalue weighted by Crippen LogP contribution is 2.22. The lowest BCUT2D eigenvalue weighted by Crippen LogP contribution is -2.52. The molecule has 3 rings (SSSR count). The van der Waals surface area contributed by atoms with Gasteiger partial charge in [0.25, 0.3) is 0 Å². The van der Waals surface area contributed by atoms with Crippen molar-refractivity contribution in [1.82, 2.24) is 15.2 Å². The molecule has 0 radical (unpaired) electrons. The molecule has 130 valence electrons. The largest absolute Gasteiger partial charge is 0.360 e. The second-order valence-electron chi connectivity index (χ2n) is 5.84. The summed E-state index contributed by atoms with van der Waals surface area (Å²) < 4.78 is 0. The summed E-state index contributed by atoms with van der Waals surface area (Å²) >= 11 is 3.57. The van der Waals surface area contributed by atoms with E-state index in [1.165, 1.54) is 9.88 Å². The number of aryl methyl sites for hydroxylation is 2. The van der Waals surface area contributed by atoms with Crippen LogP contribution < -0.4 is 10.2 Å². The highest BCUT2D eigenvalue weighted by Gasteiger charge is 2.20. The maximum Gasteiger partial charge on any atom is 0.194 e. The predicted molar refractivity (Wildman–Crippen MR) is 105 cm³/mol. The van der Waals surface area contributed by atoms with E-state index in [9.17, 15) is 0 Å². The minimum atomic E-state index is 0.713. The second-order valence-corrected chi connectivity index (χ2v) is 8.05. The summed E-state index contributed by atoms with van der Waals surface area (Å²) in [4.78, 5) is 15.4. The van der Waals surface area contributed by atoms with E-state index in [-0.39, 0.29) is 0 Å². The van der Waals surface area contributed by atoms with Gasteiger partial charge in [-0.15, -0.1) is 22.7 Å². The monoisotopic (exact) mass is 363 g/mol. The fraction of sp³-hybridized carbons (Fsp3) is 0.529. The molecule has 0 aromatic carbocycles. The van der Waals surface area contributed by atoms with Crippen molar-refractivity contribution in [2.45, 2.75) is 27.3 Å². The lowest BCUT2D eigenvalue weighted by molar-refractivity contribution is 0.373. The van der Waals surface area contributed by atoms with Gasteiger partial charge in [-0.1, -0.05) is 0 Å². The molecule has 0 saturated carbocycles. The third-order valence-electron chi connectivity index (χ3n) is 4.10. The molecule has 0 bridgehead atoms. The summed E-state index contributed by atoms with van der Waals surface area (Å²) in [7, 11) is 0. The number of aromatic nitrogens is 1. The zero-order chi connectivity index (χ0) is 16.9. The third-order valence-corrected chi connectivity index (χ3v) is 6.09. The summed E-state index contributed by atoms with van der Waals surface area (Å²) in [6, 6.07) is 4.33. The highest BCUT2D eigenvalue weighted by molar-refractivity contribution is 7.14. The van der Waals surface area contributed by atoms with Gasteiger partial charge in [0.05, 0.1) is 22.2 Å². The smallest absolute Gasteiger partial charge is 0.194 e. The number of nitrogens with zero attached hydrogens (tertiary/aromatic N) is 4. The van der Waals surface area contributed by atoms with Crippen LogP contribution in [0.3, 0.4) is 0 Å². The normalized spacial score (nSPS) is 15.9. The Bertz CT molecular complexity index is 669. The van der Waals surface area contributed by atoms with Crippen LogP contribution in [-0.2, 0) is 6.54 Å². The quantitative estimate of drug-likeness (QED) is 0.670. The number of rotatable bonds is 4.